The summed E-state index contributed by atoms with van der Waals surface area (Å²) in [6.07, 6.45) is 0. The number of hydrogen-bond acceptors (Lipinski definition) is 4. The van der Waals surface area contributed by atoms with Crippen molar-refractivity contribution >= 4 is 43.4 Å². The van der Waals surface area contributed by atoms with E-state index in [0.717, 1.165) is 66.6 Å². The van der Waals surface area contributed by atoms with Crippen molar-refractivity contribution in [3.63, 3.8) is 0 Å². The molecule has 0 bridgehead atoms. The lowest BCUT2D eigenvalue weighted by Gasteiger charge is -2.13. The molecule has 0 N–H and O–H groups in total. The Morgan fingerprint density at radius 3 is 1.07 bits per heavy atom. The van der Waals surface area contributed by atoms with Crippen LogP contribution in [-0.2, 0) is 0 Å². The summed E-state index contributed by atoms with van der Waals surface area (Å²) in [6, 6.07) is 72.2. The van der Waals surface area contributed by atoms with E-state index in [4.69, 9.17) is 19.9 Å². The summed E-state index contributed by atoms with van der Waals surface area (Å²) in [5.74, 6) is 1.34. The Morgan fingerprint density at radius 1 is 0.241 bits per heavy atom. The summed E-state index contributed by atoms with van der Waals surface area (Å²) in [5, 5.41) is 6.93. The van der Waals surface area contributed by atoms with E-state index >= 15 is 0 Å². The zero-order chi connectivity index (χ0) is 38.4. The molecule has 0 amide bonds. The van der Waals surface area contributed by atoms with E-state index in [9.17, 15) is 0 Å². The lowest BCUT2D eigenvalue weighted by Crippen LogP contribution is -1.97. The molecule has 270 valence electrons. The Morgan fingerprint density at radius 2 is 0.603 bits per heavy atom. The quantitative estimate of drug-likeness (QED) is 0.170. The molecule has 0 atom stereocenters. The van der Waals surface area contributed by atoms with Gasteiger partial charge in [-0.25, -0.2) is 19.9 Å². The summed E-state index contributed by atoms with van der Waals surface area (Å²) >= 11 is 0. The molecule has 0 aliphatic heterocycles. The third-order valence-corrected chi connectivity index (χ3v) is 11.1. The van der Waals surface area contributed by atoms with E-state index < -0.39 is 0 Å². The van der Waals surface area contributed by atoms with Crippen LogP contribution in [0.2, 0.25) is 0 Å². The number of hydrogen-bond donors (Lipinski definition) is 0. The van der Waals surface area contributed by atoms with Gasteiger partial charge in [-0.05, 0) is 68.1 Å². The van der Waals surface area contributed by atoms with Crippen molar-refractivity contribution in [2.75, 3.05) is 0 Å². The SMILES string of the molecule is c1cc(-c2cccc3ccccc23)cc(-c2nc(-c3ccc(-c4nc(-c5cccc(-c6cccc7ccccc67)c5)c5ccccc5n4)cc3)nc3ccccc23)c1. The van der Waals surface area contributed by atoms with Crippen LogP contribution < -0.4 is 0 Å². The molecule has 2 aromatic heterocycles. The molecule has 58 heavy (non-hydrogen) atoms. The Labute approximate surface area is 335 Å². The van der Waals surface area contributed by atoms with Crippen LogP contribution >= 0.6 is 0 Å². The second-order valence-electron chi connectivity index (χ2n) is 14.6. The molecule has 9 aromatic carbocycles. The van der Waals surface area contributed by atoms with E-state index in [1.807, 2.05) is 12.1 Å². The number of fused-ring (bicyclic) bond motifs is 4. The third kappa shape index (κ3) is 5.96. The first-order chi connectivity index (χ1) is 28.7. The fraction of sp³-hybridized carbons (Fsp3) is 0. The Bertz CT molecular complexity index is 3120. The summed E-state index contributed by atoms with van der Waals surface area (Å²) in [6.45, 7) is 0. The minimum absolute atomic E-state index is 0.668. The monoisotopic (exact) mass is 738 g/mol. The second kappa shape index (κ2) is 14.0. The number of para-hydroxylation sites is 2. The zero-order valence-corrected chi connectivity index (χ0v) is 31.4. The van der Waals surface area contributed by atoms with Crippen LogP contribution in [0.5, 0.6) is 0 Å². The fourth-order valence-electron chi connectivity index (χ4n) is 8.24. The van der Waals surface area contributed by atoms with Crippen LogP contribution in [0.4, 0.5) is 0 Å². The molecule has 0 spiro atoms. The number of benzene rings is 9. The first kappa shape index (κ1) is 33.5. The van der Waals surface area contributed by atoms with E-state index in [2.05, 4.69) is 194 Å². The van der Waals surface area contributed by atoms with Gasteiger partial charge in [0.2, 0.25) is 0 Å². The minimum atomic E-state index is 0.668. The molecule has 4 heteroatoms. The highest BCUT2D eigenvalue weighted by atomic mass is 14.9. The topological polar surface area (TPSA) is 51.6 Å². The summed E-state index contributed by atoms with van der Waals surface area (Å²) in [4.78, 5) is 20.6. The summed E-state index contributed by atoms with van der Waals surface area (Å²) in [7, 11) is 0. The molecule has 4 nitrogen and oxygen atoms in total. The Balaban J connectivity index is 0.979. The standard InChI is InChI=1S/C54H34N4/c1-3-21-43-35(13-1)15-11-25-45(43)39-17-9-19-41(33-39)51-47-23-5-7-27-49(47)55-53(57-51)37-29-31-38(32-30-37)54-56-50-28-8-6-24-48(50)52(58-54)42-20-10-18-40(34-42)46-26-12-16-36-14-2-4-22-44(36)46/h1-34H. The van der Waals surface area contributed by atoms with Crippen molar-refractivity contribution in [2.45, 2.75) is 0 Å². The first-order valence-corrected chi connectivity index (χ1v) is 19.6. The molecule has 0 saturated heterocycles. The predicted octanol–water partition coefficient (Wildman–Crippen LogP) is 13.9. The van der Waals surface area contributed by atoms with E-state index in [0.29, 0.717) is 11.6 Å². The molecule has 2 heterocycles. The smallest absolute Gasteiger partial charge is 0.160 e. The average Bonchev–Trinajstić information content (AvgIpc) is 3.30. The van der Waals surface area contributed by atoms with Crippen LogP contribution in [0.1, 0.15) is 0 Å². The molecular formula is C54H34N4. The molecule has 11 rings (SSSR count). The van der Waals surface area contributed by atoms with Gasteiger partial charge in [0.15, 0.2) is 11.6 Å². The van der Waals surface area contributed by atoms with Crippen molar-refractivity contribution in [3.05, 3.63) is 206 Å². The highest BCUT2D eigenvalue weighted by Gasteiger charge is 2.16. The van der Waals surface area contributed by atoms with Crippen molar-refractivity contribution in [2.24, 2.45) is 0 Å². The van der Waals surface area contributed by atoms with Crippen molar-refractivity contribution in [1.82, 2.24) is 19.9 Å². The van der Waals surface area contributed by atoms with Gasteiger partial charge in [-0.15, -0.1) is 0 Å². The van der Waals surface area contributed by atoms with Gasteiger partial charge in [-0.3, -0.25) is 0 Å². The molecule has 0 unspecified atom stereocenters. The lowest BCUT2D eigenvalue weighted by molar-refractivity contribution is 1.22. The molecule has 0 radical (unpaired) electrons. The van der Waals surface area contributed by atoms with Crippen LogP contribution in [0.3, 0.4) is 0 Å². The van der Waals surface area contributed by atoms with Crippen LogP contribution in [-0.4, -0.2) is 19.9 Å². The van der Waals surface area contributed by atoms with Gasteiger partial charge in [0.25, 0.3) is 0 Å². The normalized spacial score (nSPS) is 11.4. The predicted molar refractivity (Wildman–Crippen MR) is 240 cm³/mol. The van der Waals surface area contributed by atoms with Crippen molar-refractivity contribution in [3.8, 4) is 67.5 Å². The maximum atomic E-state index is 5.25. The maximum Gasteiger partial charge on any atom is 0.160 e. The largest absolute Gasteiger partial charge is 0.228 e. The number of rotatable bonds is 6. The lowest BCUT2D eigenvalue weighted by atomic mass is 9.95. The van der Waals surface area contributed by atoms with Gasteiger partial charge in [0, 0.05) is 33.0 Å². The minimum Gasteiger partial charge on any atom is -0.228 e. The van der Waals surface area contributed by atoms with Crippen molar-refractivity contribution in [1.29, 1.82) is 0 Å². The summed E-state index contributed by atoms with van der Waals surface area (Å²) < 4.78 is 0. The van der Waals surface area contributed by atoms with Crippen molar-refractivity contribution < 1.29 is 0 Å². The van der Waals surface area contributed by atoms with Crippen LogP contribution in [0, 0.1) is 0 Å². The molecule has 0 aliphatic carbocycles. The molecular weight excluding hydrogens is 705 g/mol. The van der Waals surface area contributed by atoms with E-state index in [1.165, 1.54) is 32.7 Å². The summed E-state index contributed by atoms with van der Waals surface area (Å²) in [5.41, 5.74) is 12.2. The van der Waals surface area contributed by atoms with Gasteiger partial charge in [0.05, 0.1) is 22.4 Å². The van der Waals surface area contributed by atoms with E-state index in [1.54, 1.807) is 0 Å². The number of aromatic nitrogens is 4. The fourth-order valence-corrected chi connectivity index (χ4v) is 8.24. The highest BCUT2D eigenvalue weighted by Crippen LogP contribution is 2.37. The van der Waals surface area contributed by atoms with E-state index in [-0.39, 0.29) is 0 Å². The number of nitrogens with zero attached hydrogens (tertiary/aromatic N) is 4. The molecule has 0 fully saturated rings. The molecule has 11 aromatic rings. The van der Waals surface area contributed by atoms with Gasteiger partial charge < -0.3 is 0 Å². The molecule has 0 saturated carbocycles. The van der Waals surface area contributed by atoms with Gasteiger partial charge >= 0.3 is 0 Å². The van der Waals surface area contributed by atoms with Gasteiger partial charge in [-0.1, -0.05) is 182 Å². The Hall–Kier alpha value is -7.82. The van der Waals surface area contributed by atoms with Crippen LogP contribution in [0.15, 0.2) is 206 Å². The van der Waals surface area contributed by atoms with Crippen LogP contribution in [0.25, 0.3) is 111 Å². The Kier molecular flexibility index (Phi) is 8.11. The average molecular weight is 739 g/mol. The molecule has 0 aliphatic rings. The van der Waals surface area contributed by atoms with Gasteiger partial charge in [-0.2, -0.15) is 0 Å². The third-order valence-electron chi connectivity index (χ3n) is 11.1. The second-order valence-corrected chi connectivity index (χ2v) is 14.6. The highest BCUT2D eigenvalue weighted by molar-refractivity contribution is 6.00. The maximum absolute atomic E-state index is 5.25. The first-order valence-electron chi connectivity index (χ1n) is 19.6. The zero-order valence-electron chi connectivity index (χ0n) is 31.4. The van der Waals surface area contributed by atoms with Gasteiger partial charge in [0.1, 0.15) is 0 Å².